The summed E-state index contributed by atoms with van der Waals surface area (Å²) >= 11 is 5.53. The standard InChI is InChI=1S/C11H9BrINO/c12-10-6-5-9(15-10)11(14)7-1-3-8(13)4-2-7/h1-6,11H,14H2. The molecule has 2 nitrogen and oxygen atoms in total. The van der Waals surface area contributed by atoms with E-state index in [1.807, 2.05) is 36.4 Å². The first kappa shape index (κ1) is 11.2. The molecule has 15 heavy (non-hydrogen) atoms. The van der Waals surface area contributed by atoms with Gasteiger partial charge >= 0.3 is 0 Å². The van der Waals surface area contributed by atoms with E-state index in [0.717, 1.165) is 11.3 Å². The normalized spacial score (nSPS) is 12.7. The SMILES string of the molecule is NC(c1ccc(I)cc1)c1ccc(Br)o1. The van der Waals surface area contributed by atoms with Gasteiger partial charge in [-0.15, -0.1) is 0 Å². The van der Waals surface area contributed by atoms with Crippen molar-refractivity contribution in [2.75, 3.05) is 0 Å². The van der Waals surface area contributed by atoms with Gasteiger partial charge in [0.1, 0.15) is 5.76 Å². The lowest BCUT2D eigenvalue weighted by molar-refractivity contribution is 0.470. The average Bonchev–Trinajstić information content (AvgIpc) is 2.65. The van der Waals surface area contributed by atoms with Gasteiger partial charge < -0.3 is 10.2 Å². The second-order valence-corrected chi connectivity index (χ2v) is 5.20. The Morgan fingerprint density at radius 2 is 1.80 bits per heavy atom. The maximum Gasteiger partial charge on any atom is 0.169 e. The second-order valence-electron chi connectivity index (χ2n) is 3.17. The van der Waals surface area contributed by atoms with E-state index in [1.54, 1.807) is 0 Å². The topological polar surface area (TPSA) is 39.2 Å². The minimum Gasteiger partial charge on any atom is -0.452 e. The molecule has 2 aromatic rings. The summed E-state index contributed by atoms with van der Waals surface area (Å²) in [5.41, 5.74) is 7.12. The van der Waals surface area contributed by atoms with Gasteiger partial charge in [0.15, 0.2) is 4.67 Å². The fourth-order valence-corrected chi connectivity index (χ4v) is 2.01. The Balaban J connectivity index is 2.28. The first-order valence-corrected chi connectivity index (χ1v) is 6.30. The quantitative estimate of drug-likeness (QED) is 0.810. The Morgan fingerprint density at radius 1 is 1.13 bits per heavy atom. The van der Waals surface area contributed by atoms with Crippen LogP contribution in [0, 0.1) is 3.57 Å². The molecule has 1 aromatic heterocycles. The summed E-state index contributed by atoms with van der Waals surface area (Å²) in [6.07, 6.45) is 0. The molecule has 1 heterocycles. The summed E-state index contributed by atoms with van der Waals surface area (Å²) in [7, 11) is 0. The fourth-order valence-electron chi connectivity index (χ4n) is 1.33. The van der Waals surface area contributed by atoms with Crippen LogP contribution in [0.5, 0.6) is 0 Å². The van der Waals surface area contributed by atoms with Crippen LogP contribution in [-0.2, 0) is 0 Å². The molecule has 0 aliphatic rings. The Hall–Kier alpha value is -0.330. The molecule has 2 rings (SSSR count). The van der Waals surface area contributed by atoms with Gasteiger partial charge in [-0.3, -0.25) is 0 Å². The smallest absolute Gasteiger partial charge is 0.169 e. The number of halogens is 2. The van der Waals surface area contributed by atoms with Crippen molar-refractivity contribution in [1.29, 1.82) is 0 Å². The highest BCUT2D eigenvalue weighted by molar-refractivity contribution is 14.1. The van der Waals surface area contributed by atoms with Gasteiger partial charge in [-0.2, -0.15) is 0 Å². The van der Waals surface area contributed by atoms with E-state index < -0.39 is 0 Å². The summed E-state index contributed by atoms with van der Waals surface area (Å²) in [5, 5.41) is 0. The van der Waals surface area contributed by atoms with Crippen LogP contribution in [0.15, 0.2) is 45.5 Å². The van der Waals surface area contributed by atoms with Gasteiger partial charge in [-0.1, -0.05) is 12.1 Å². The first-order chi connectivity index (χ1) is 7.16. The van der Waals surface area contributed by atoms with E-state index >= 15 is 0 Å². The van der Waals surface area contributed by atoms with E-state index in [4.69, 9.17) is 10.2 Å². The number of nitrogens with two attached hydrogens (primary N) is 1. The molecule has 1 unspecified atom stereocenters. The monoisotopic (exact) mass is 377 g/mol. The van der Waals surface area contributed by atoms with Gasteiger partial charge in [0, 0.05) is 3.57 Å². The van der Waals surface area contributed by atoms with Crippen LogP contribution in [0.25, 0.3) is 0 Å². The van der Waals surface area contributed by atoms with E-state index in [2.05, 4.69) is 38.5 Å². The molecule has 1 aromatic carbocycles. The molecule has 0 bridgehead atoms. The van der Waals surface area contributed by atoms with Crippen molar-refractivity contribution in [3.8, 4) is 0 Å². The Bertz CT molecular complexity index is 452. The van der Waals surface area contributed by atoms with Crippen LogP contribution in [-0.4, -0.2) is 0 Å². The Morgan fingerprint density at radius 3 is 2.33 bits per heavy atom. The molecule has 0 amide bonds. The number of benzene rings is 1. The molecule has 1 atom stereocenters. The van der Waals surface area contributed by atoms with Crippen molar-refractivity contribution >= 4 is 38.5 Å². The van der Waals surface area contributed by atoms with Crippen molar-refractivity contribution in [3.05, 3.63) is 56.0 Å². The number of hydrogen-bond donors (Lipinski definition) is 1. The van der Waals surface area contributed by atoms with E-state index in [9.17, 15) is 0 Å². The summed E-state index contributed by atoms with van der Waals surface area (Å²) in [5.74, 6) is 0.767. The third-order valence-electron chi connectivity index (χ3n) is 2.13. The number of furan rings is 1. The van der Waals surface area contributed by atoms with E-state index in [-0.39, 0.29) is 6.04 Å². The molecule has 0 spiro atoms. The zero-order valence-corrected chi connectivity index (χ0v) is 11.5. The predicted octanol–water partition coefficient (Wildman–Crippen LogP) is 3.69. The van der Waals surface area contributed by atoms with E-state index in [1.165, 1.54) is 3.57 Å². The van der Waals surface area contributed by atoms with Crippen LogP contribution < -0.4 is 5.73 Å². The van der Waals surface area contributed by atoms with Gasteiger partial charge in [-0.25, -0.2) is 0 Å². The second kappa shape index (κ2) is 4.67. The van der Waals surface area contributed by atoms with Crippen LogP contribution >= 0.6 is 38.5 Å². The molecule has 0 saturated heterocycles. The minimum atomic E-state index is -0.201. The lowest BCUT2D eigenvalue weighted by atomic mass is 10.1. The van der Waals surface area contributed by atoms with Gasteiger partial charge in [0.25, 0.3) is 0 Å². The van der Waals surface area contributed by atoms with Gasteiger partial charge in [0.05, 0.1) is 6.04 Å². The minimum absolute atomic E-state index is 0.201. The molecule has 0 fully saturated rings. The molecule has 2 N–H and O–H groups in total. The zero-order valence-electron chi connectivity index (χ0n) is 7.78. The molecule has 0 aliphatic heterocycles. The molecule has 4 heteroatoms. The highest BCUT2D eigenvalue weighted by Gasteiger charge is 2.12. The van der Waals surface area contributed by atoms with Crippen molar-refractivity contribution in [2.45, 2.75) is 6.04 Å². The first-order valence-electron chi connectivity index (χ1n) is 4.43. The number of rotatable bonds is 2. The van der Waals surface area contributed by atoms with Crippen molar-refractivity contribution in [2.24, 2.45) is 5.73 Å². The molecular formula is C11H9BrINO. The van der Waals surface area contributed by atoms with Crippen LogP contribution in [0.2, 0.25) is 0 Å². The van der Waals surface area contributed by atoms with Crippen LogP contribution in [0.1, 0.15) is 17.4 Å². The van der Waals surface area contributed by atoms with Crippen LogP contribution in [0.4, 0.5) is 0 Å². The van der Waals surface area contributed by atoms with Crippen molar-refractivity contribution in [3.63, 3.8) is 0 Å². The highest BCUT2D eigenvalue weighted by Crippen LogP contribution is 2.24. The molecule has 0 saturated carbocycles. The average molecular weight is 378 g/mol. The summed E-state index contributed by atoms with van der Waals surface area (Å²) in [4.78, 5) is 0. The summed E-state index contributed by atoms with van der Waals surface area (Å²) in [6.45, 7) is 0. The lowest BCUT2D eigenvalue weighted by Crippen LogP contribution is -2.10. The molecular weight excluding hydrogens is 369 g/mol. The summed E-state index contributed by atoms with van der Waals surface area (Å²) in [6, 6.07) is 11.6. The van der Waals surface area contributed by atoms with E-state index in [0.29, 0.717) is 4.67 Å². The largest absolute Gasteiger partial charge is 0.452 e. The fraction of sp³-hybridized carbons (Fsp3) is 0.0909. The zero-order chi connectivity index (χ0) is 10.8. The van der Waals surface area contributed by atoms with Crippen molar-refractivity contribution < 1.29 is 4.42 Å². The highest BCUT2D eigenvalue weighted by atomic mass is 127. The predicted molar refractivity (Wildman–Crippen MR) is 71.6 cm³/mol. The lowest BCUT2D eigenvalue weighted by Gasteiger charge is -2.08. The van der Waals surface area contributed by atoms with Gasteiger partial charge in [-0.05, 0) is 68.3 Å². The Kier molecular flexibility index (Phi) is 3.48. The van der Waals surface area contributed by atoms with Gasteiger partial charge in [0.2, 0.25) is 0 Å². The molecule has 0 radical (unpaired) electrons. The van der Waals surface area contributed by atoms with Crippen LogP contribution in [0.3, 0.4) is 0 Å². The van der Waals surface area contributed by atoms with Crippen molar-refractivity contribution in [1.82, 2.24) is 0 Å². The third kappa shape index (κ3) is 2.62. The molecule has 0 aliphatic carbocycles. The third-order valence-corrected chi connectivity index (χ3v) is 3.28. The Labute approximate surface area is 110 Å². The number of hydrogen-bond acceptors (Lipinski definition) is 2. The maximum atomic E-state index is 6.06. The maximum absolute atomic E-state index is 6.06. The summed E-state index contributed by atoms with van der Waals surface area (Å²) < 4.78 is 7.32. The molecule has 78 valence electrons.